The van der Waals surface area contributed by atoms with Gasteiger partial charge >= 0.3 is 5.88 Å². The number of hydrogen-bond acceptors (Lipinski definition) is 4. The maximum atomic E-state index is 12.6. The fourth-order valence-electron chi connectivity index (χ4n) is 3.02. The van der Waals surface area contributed by atoms with Gasteiger partial charge in [-0.05, 0) is 24.5 Å². The Morgan fingerprint density at radius 3 is 2.65 bits per heavy atom. The van der Waals surface area contributed by atoms with Gasteiger partial charge in [0.2, 0.25) is 0 Å². The van der Waals surface area contributed by atoms with E-state index in [0.29, 0.717) is 13.1 Å². The van der Waals surface area contributed by atoms with Crippen molar-refractivity contribution in [2.45, 2.75) is 25.2 Å². The van der Waals surface area contributed by atoms with Crippen LogP contribution in [-0.4, -0.2) is 28.8 Å². The molecule has 1 atom stereocenters. The lowest BCUT2D eigenvalue weighted by Crippen LogP contribution is -2.33. The largest absolute Gasteiger partial charge is 0.433 e. The zero-order valence-corrected chi connectivity index (χ0v) is 12.7. The van der Waals surface area contributed by atoms with Gasteiger partial charge in [-0.2, -0.15) is 0 Å². The molecule has 6 nitrogen and oxygen atoms in total. The van der Waals surface area contributed by atoms with Crippen molar-refractivity contribution in [1.82, 2.24) is 4.90 Å². The van der Waals surface area contributed by atoms with Gasteiger partial charge in [0, 0.05) is 19.0 Å². The van der Waals surface area contributed by atoms with Crippen LogP contribution in [0.4, 0.5) is 5.88 Å². The van der Waals surface area contributed by atoms with E-state index in [1.54, 1.807) is 4.90 Å². The smallest absolute Gasteiger partial charge is 0.395 e. The molecule has 0 spiro atoms. The highest BCUT2D eigenvalue weighted by Gasteiger charge is 2.27. The van der Waals surface area contributed by atoms with Crippen LogP contribution in [0.3, 0.4) is 0 Å². The van der Waals surface area contributed by atoms with Crippen LogP contribution in [0.2, 0.25) is 0 Å². The minimum Gasteiger partial charge on any atom is -0.395 e. The van der Waals surface area contributed by atoms with Crippen LogP contribution in [0.25, 0.3) is 0 Å². The molecule has 6 heteroatoms. The highest BCUT2D eigenvalue weighted by molar-refractivity contribution is 5.91. The molecule has 1 amide bonds. The third-order valence-corrected chi connectivity index (χ3v) is 4.21. The number of likely N-dealkylation sites (tertiary alicyclic amines) is 1. The van der Waals surface area contributed by atoms with E-state index in [1.165, 1.54) is 17.7 Å². The van der Waals surface area contributed by atoms with Crippen LogP contribution in [0.15, 0.2) is 46.9 Å². The zero-order chi connectivity index (χ0) is 16.2. The average molecular weight is 314 g/mol. The molecule has 1 saturated heterocycles. The summed E-state index contributed by atoms with van der Waals surface area (Å²) in [5.41, 5.74) is 1.22. The summed E-state index contributed by atoms with van der Waals surface area (Å²) in [6.45, 7) is 1.26. The molecule has 0 aliphatic carbocycles. The van der Waals surface area contributed by atoms with Gasteiger partial charge in [0.05, 0.1) is 6.07 Å². The van der Waals surface area contributed by atoms with Gasteiger partial charge in [-0.25, -0.2) is 0 Å². The monoisotopic (exact) mass is 314 g/mol. The number of amides is 1. The van der Waals surface area contributed by atoms with E-state index in [2.05, 4.69) is 12.1 Å². The van der Waals surface area contributed by atoms with Gasteiger partial charge in [0.1, 0.15) is 4.92 Å². The van der Waals surface area contributed by atoms with E-state index in [1.807, 2.05) is 18.2 Å². The summed E-state index contributed by atoms with van der Waals surface area (Å²) in [6, 6.07) is 12.7. The van der Waals surface area contributed by atoms with Gasteiger partial charge in [-0.1, -0.05) is 36.8 Å². The fraction of sp³-hybridized carbons (Fsp3) is 0.353. The molecule has 1 aromatic carbocycles. The predicted octanol–water partition coefficient (Wildman–Crippen LogP) is 3.60. The van der Waals surface area contributed by atoms with Gasteiger partial charge in [-0.15, -0.1) is 0 Å². The number of carbonyl (C=O) groups excluding carboxylic acids is 1. The van der Waals surface area contributed by atoms with Crippen molar-refractivity contribution in [2.75, 3.05) is 13.1 Å². The second kappa shape index (κ2) is 6.64. The molecule has 0 bridgehead atoms. The second-order valence-electron chi connectivity index (χ2n) is 5.75. The molecule has 1 unspecified atom stereocenters. The summed E-state index contributed by atoms with van der Waals surface area (Å²) < 4.78 is 5.05. The lowest BCUT2D eigenvalue weighted by Gasteiger charge is -2.23. The van der Waals surface area contributed by atoms with Crippen LogP contribution >= 0.6 is 0 Å². The van der Waals surface area contributed by atoms with Gasteiger partial charge < -0.3 is 9.32 Å². The maximum Gasteiger partial charge on any atom is 0.433 e. The Bertz CT molecular complexity index is 696. The highest BCUT2D eigenvalue weighted by Crippen LogP contribution is 2.27. The van der Waals surface area contributed by atoms with E-state index >= 15 is 0 Å². The zero-order valence-electron chi connectivity index (χ0n) is 12.7. The lowest BCUT2D eigenvalue weighted by atomic mass is 9.94. The first-order valence-corrected chi connectivity index (χ1v) is 7.73. The van der Waals surface area contributed by atoms with Crippen molar-refractivity contribution >= 4 is 11.8 Å². The Morgan fingerprint density at radius 2 is 1.96 bits per heavy atom. The minimum atomic E-state index is -0.633. The Balaban J connectivity index is 1.77. The molecule has 1 fully saturated rings. The van der Waals surface area contributed by atoms with Crippen molar-refractivity contribution < 1.29 is 14.1 Å². The van der Waals surface area contributed by atoms with Crippen molar-refractivity contribution in [3.63, 3.8) is 0 Å². The van der Waals surface area contributed by atoms with Crippen LogP contribution in [0.5, 0.6) is 0 Å². The van der Waals surface area contributed by atoms with Crippen molar-refractivity contribution in [1.29, 1.82) is 0 Å². The first-order chi connectivity index (χ1) is 11.1. The van der Waals surface area contributed by atoms with Crippen molar-refractivity contribution in [3.8, 4) is 0 Å². The van der Waals surface area contributed by atoms with Crippen molar-refractivity contribution in [3.05, 3.63) is 63.9 Å². The Labute approximate surface area is 133 Å². The Hall–Kier alpha value is -2.63. The molecular weight excluding hydrogens is 296 g/mol. The molecule has 1 aliphatic rings. The van der Waals surface area contributed by atoms with Crippen LogP contribution < -0.4 is 0 Å². The number of benzene rings is 1. The molecule has 2 heterocycles. The highest BCUT2D eigenvalue weighted by atomic mass is 16.6. The number of nitro groups is 1. The number of carbonyl (C=O) groups is 1. The summed E-state index contributed by atoms with van der Waals surface area (Å²) in [6.07, 6.45) is 3.02. The average Bonchev–Trinajstić information content (AvgIpc) is 2.94. The molecule has 23 heavy (non-hydrogen) atoms. The quantitative estimate of drug-likeness (QED) is 0.640. The molecule has 1 aliphatic heterocycles. The number of rotatable bonds is 3. The number of furan rings is 1. The SMILES string of the molecule is O=C(c1ccc([N+](=O)[O-])o1)N1CCCCC(c2ccccc2)C1. The van der Waals surface area contributed by atoms with E-state index in [9.17, 15) is 14.9 Å². The van der Waals surface area contributed by atoms with Crippen LogP contribution in [0.1, 0.15) is 41.3 Å². The molecule has 120 valence electrons. The summed E-state index contributed by atoms with van der Waals surface area (Å²) >= 11 is 0. The van der Waals surface area contributed by atoms with Gasteiger partial charge in [-0.3, -0.25) is 14.9 Å². The lowest BCUT2D eigenvalue weighted by molar-refractivity contribution is -0.402. The topological polar surface area (TPSA) is 76.6 Å². The first-order valence-electron chi connectivity index (χ1n) is 7.73. The maximum absolute atomic E-state index is 12.6. The summed E-state index contributed by atoms with van der Waals surface area (Å²) in [5.74, 6) is -0.360. The van der Waals surface area contributed by atoms with E-state index in [4.69, 9.17) is 4.42 Å². The van der Waals surface area contributed by atoms with Gasteiger partial charge in [0.15, 0.2) is 5.76 Å². The van der Waals surface area contributed by atoms with Crippen molar-refractivity contribution in [2.24, 2.45) is 0 Å². The molecule has 1 aromatic heterocycles. The molecular formula is C17H18N2O4. The van der Waals surface area contributed by atoms with Crippen LogP contribution in [-0.2, 0) is 0 Å². The minimum absolute atomic E-state index is 0.0328. The predicted molar refractivity (Wildman–Crippen MR) is 84.3 cm³/mol. The first kappa shape index (κ1) is 15.3. The third kappa shape index (κ3) is 3.41. The number of nitrogens with zero attached hydrogens (tertiary/aromatic N) is 2. The van der Waals surface area contributed by atoms with E-state index in [-0.39, 0.29) is 17.6 Å². The molecule has 0 radical (unpaired) electrons. The fourth-order valence-corrected chi connectivity index (χ4v) is 3.02. The van der Waals surface area contributed by atoms with Crippen LogP contribution in [0, 0.1) is 10.1 Å². The number of hydrogen-bond donors (Lipinski definition) is 0. The second-order valence-corrected chi connectivity index (χ2v) is 5.75. The molecule has 3 rings (SSSR count). The van der Waals surface area contributed by atoms with Gasteiger partial charge in [0.25, 0.3) is 5.91 Å². The Morgan fingerprint density at radius 1 is 1.17 bits per heavy atom. The molecule has 0 saturated carbocycles. The van der Waals surface area contributed by atoms with E-state index < -0.39 is 10.8 Å². The molecule has 0 N–H and O–H groups in total. The Kier molecular flexibility index (Phi) is 4.41. The summed E-state index contributed by atoms with van der Waals surface area (Å²) in [4.78, 5) is 24.4. The molecule has 2 aromatic rings. The summed E-state index contributed by atoms with van der Waals surface area (Å²) in [7, 11) is 0. The normalized spacial score (nSPS) is 18.4. The third-order valence-electron chi connectivity index (χ3n) is 4.21. The standard InChI is InChI=1S/C17H18N2O4/c20-17(15-9-10-16(23-15)19(21)22)18-11-5-4-8-14(12-18)13-6-2-1-3-7-13/h1-3,6-7,9-10,14H,4-5,8,11-12H2. The van der Waals surface area contributed by atoms with E-state index in [0.717, 1.165) is 19.3 Å². The summed E-state index contributed by atoms with van der Waals surface area (Å²) in [5, 5.41) is 10.7.